The summed E-state index contributed by atoms with van der Waals surface area (Å²) in [6, 6.07) is 4.89. The molecular weight excluding hydrogens is 385 g/mol. The van der Waals surface area contributed by atoms with E-state index in [-0.39, 0.29) is 18.0 Å². The monoisotopic (exact) mass is 395 g/mol. The van der Waals surface area contributed by atoms with Crippen molar-refractivity contribution in [1.82, 2.24) is 9.55 Å². The molecule has 3 aromatic rings. The van der Waals surface area contributed by atoms with E-state index in [0.717, 1.165) is 0 Å². The van der Waals surface area contributed by atoms with Gasteiger partial charge in [0, 0.05) is 6.07 Å². The van der Waals surface area contributed by atoms with Crippen LogP contribution in [-0.2, 0) is 11.3 Å². The van der Waals surface area contributed by atoms with E-state index in [9.17, 15) is 9.59 Å². The molecule has 0 unspecified atom stereocenters. The Kier molecular flexibility index (Phi) is 4.15. The van der Waals surface area contributed by atoms with E-state index in [1.54, 1.807) is 28.5 Å². The van der Waals surface area contributed by atoms with Gasteiger partial charge in [0.25, 0.3) is 5.56 Å². The summed E-state index contributed by atoms with van der Waals surface area (Å²) >= 11 is 13.5. The first kappa shape index (κ1) is 16.4. The van der Waals surface area contributed by atoms with Gasteiger partial charge in [0.2, 0.25) is 5.91 Å². The molecule has 9 heteroatoms. The van der Waals surface area contributed by atoms with Crippen molar-refractivity contribution in [2.45, 2.75) is 6.54 Å². The van der Waals surface area contributed by atoms with Crippen LogP contribution in [0, 0.1) is 0 Å². The number of halogens is 2. The number of ether oxygens (including phenoxy) is 1. The van der Waals surface area contributed by atoms with Gasteiger partial charge < -0.3 is 9.64 Å². The summed E-state index contributed by atoms with van der Waals surface area (Å²) in [5.74, 6) is 0.245. The lowest BCUT2D eigenvalue weighted by atomic mass is 10.2. The van der Waals surface area contributed by atoms with Crippen molar-refractivity contribution < 1.29 is 9.53 Å². The zero-order chi connectivity index (χ0) is 17.6. The quantitative estimate of drug-likeness (QED) is 0.668. The molecule has 1 aromatic carbocycles. The first-order chi connectivity index (χ1) is 12.0. The van der Waals surface area contributed by atoms with E-state index in [1.807, 2.05) is 0 Å². The molecule has 4 rings (SSSR count). The Morgan fingerprint density at radius 3 is 2.96 bits per heavy atom. The molecule has 6 nitrogen and oxygen atoms in total. The molecule has 128 valence electrons. The van der Waals surface area contributed by atoms with Crippen LogP contribution in [0.2, 0.25) is 10.0 Å². The van der Waals surface area contributed by atoms with Gasteiger partial charge in [-0.2, -0.15) is 0 Å². The molecule has 0 fully saturated rings. The summed E-state index contributed by atoms with van der Waals surface area (Å²) in [6.45, 7) is 0.595. The van der Waals surface area contributed by atoms with Crippen LogP contribution in [0.4, 0.5) is 5.69 Å². The maximum Gasteiger partial charge on any atom is 0.262 e. The molecule has 25 heavy (non-hydrogen) atoms. The number of anilines is 1. The van der Waals surface area contributed by atoms with Crippen LogP contribution in [0.25, 0.3) is 10.2 Å². The second-order valence-corrected chi connectivity index (χ2v) is 7.15. The van der Waals surface area contributed by atoms with Gasteiger partial charge in [0.1, 0.15) is 23.7 Å². The zero-order valence-corrected chi connectivity index (χ0v) is 15.1. The largest absolute Gasteiger partial charge is 0.489 e. The highest BCUT2D eigenvalue weighted by atomic mass is 35.5. The number of fused-ring (bicyclic) bond motifs is 2. The summed E-state index contributed by atoms with van der Waals surface area (Å²) in [6.07, 6.45) is 1.40. The van der Waals surface area contributed by atoms with Gasteiger partial charge in [-0.3, -0.25) is 14.2 Å². The summed E-state index contributed by atoms with van der Waals surface area (Å²) in [4.78, 5) is 31.6. The first-order valence-corrected chi connectivity index (χ1v) is 9.03. The number of nitrogens with zero attached hydrogens (tertiary/aromatic N) is 3. The summed E-state index contributed by atoms with van der Waals surface area (Å²) in [5, 5.41) is 3.01. The number of amides is 1. The van der Waals surface area contributed by atoms with Crippen molar-refractivity contribution in [1.29, 1.82) is 0 Å². The number of thiophene rings is 1. The average molecular weight is 396 g/mol. The maximum atomic E-state index is 12.8. The smallest absolute Gasteiger partial charge is 0.262 e. The predicted octanol–water partition coefficient (Wildman–Crippen LogP) is 3.19. The van der Waals surface area contributed by atoms with Crippen molar-refractivity contribution in [2.24, 2.45) is 0 Å². The predicted molar refractivity (Wildman–Crippen MR) is 98.2 cm³/mol. The lowest BCUT2D eigenvalue weighted by molar-refractivity contribution is -0.119. The minimum Gasteiger partial charge on any atom is -0.489 e. The van der Waals surface area contributed by atoms with Crippen LogP contribution in [0.3, 0.4) is 0 Å². The molecule has 1 aliphatic heterocycles. The van der Waals surface area contributed by atoms with Gasteiger partial charge in [-0.05, 0) is 17.5 Å². The van der Waals surface area contributed by atoms with Crippen LogP contribution >= 0.6 is 34.5 Å². The van der Waals surface area contributed by atoms with E-state index in [4.69, 9.17) is 27.9 Å². The third-order valence-electron chi connectivity index (χ3n) is 3.92. The molecule has 0 spiro atoms. The minimum atomic E-state index is -0.249. The number of hydrogen-bond acceptors (Lipinski definition) is 5. The fraction of sp³-hybridized carbons (Fsp3) is 0.188. The van der Waals surface area contributed by atoms with Gasteiger partial charge in [-0.15, -0.1) is 11.3 Å². The molecule has 0 radical (unpaired) electrons. The number of carbonyl (C=O) groups excluding carboxylic acids is 1. The van der Waals surface area contributed by atoms with Gasteiger partial charge in [0.15, 0.2) is 0 Å². The first-order valence-electron chi connectivity index (χ1n) is 7.39. The number of benzene rings is 1. The Hall–Kier alpha value is -2.09. The topological polar surface area (TPSA) is 64.4 Å². The molecule has 0 N–H and O–H groups in total. The highest BCUT2D eigenvalue weighted by Crippen LogP contribution is 2.38. The molecule has 0 atom stereocenters. The molecule has 3 heterocycles. The minimum absolute atomic E-state index is 0.114. The third-order valence-corrected chi connectivity index (χ3v) is 5.47. The Morgan fingerprint density at radius 1 is 1.32 bits per heavy atom. The van der Waals surface area contributed by atoms with Gasteiger partial charge in [-0.1, -0.05) is 23.2 Å². The second kappa shape index (κ2) is 6.33. The highest BCUT2D eigenvalue weighted by molar-refractivity contribution is 7.16. The molecule has 0 aliphatic carbocycles. The summed E-state index contributed by atoms with van der Waals surface area (Å²) in [5.41, 5.74) is 0.311. The van der Waals surface area contributed by atoms with Crippen LogP contribution < -0.4 is 15.2 Å². The van der Waals surface area contributed by atoms with Crippen molar-refractivity contribution in [3.63, 3.8) is 0 Å². The van der Waals surface area contributed by atoms with Crippen LogP contribution in [-0.4, -0.2) is 28.6 Å². The third kappa shape index (κ3) is 2.88. The van der Waals surface area contributed by atoms with Crippen molar-refractivity contribution in [3.8, 4) is 5.75 Å². The average Bonchev–Trinajstić information content (AvgIpc) is 3.07. The van der Waals surface area contributed by atoms with Crippen molar-refractivity contribution >= 4 is 56.3 Å². The Balaban J connectivity index is 1.67. The van der Waals surface area contributed by atoms with Gasteiger partial charge in [-0.25, -0.2) is 4.98 Å². The Labute approximate surface area is 156 Å². The molecule has 2 aromatic heterocycles. The molecule has 1 amide bonds. The fourth-order valence-electron chi connectivity index (χ4n) is 2.71. The van der Waals surface area contributed by atoms with Crippen LogP contribution in [0.15, 0.2) is 34.7 Å². The second-order valence-electron chi connectivity index (χ2n) is 5.44. The van der Waals surface area contributed by atoms with Gasteiger partial charge in [0.05, 0.1) is 34.0 Å². The maximum absolute atomic E-state index is 12.8. The molecular formula is C16H11Cl2N3O3S. The lowest BCUT2D eigenvalue weighted by Gasteiger charge is -2.30. The summed E-state index contributed by atoms with van der Waals surface area (Å²) in [7, 11) is 0. The zero-order valence-electron chi connectivity index (χ0n) is 12.7. The SMILES string of the molecule is O=C(Cn1cnc2sccc2c1=O)N1CCOc2cc(Cl)c(Cl)cc21. The molecule has 0 saturated heterocycles. The molecule has 0 bridgehead atoms. The van der Waals surface area contributed by atoms with E-state index in [0.29, 0.717) is 44.9 Å². The summed E-state index contributed by atoms with van der Waals surface area (Å²) < 4.78 is 6.85. The number of carbonyl (C=O) groups is 1. The molecule has 1 aliphatic rings. The Morgan fingerprint density at radius 2 is 2.12 bits per heavy atom. The van der Waals surface area contributed by atoms with E-state index < -0.39 is 0 Å². The standard InChI is InChI=1S/C16H11Cl2N3O3S/c17-10-5-12-13(6-11(10)18)24-3-2-21(12)14(22)7-20-8-19-15-9(16(20)23)1-4-25-15/h1,4-6,8H,2-3,7H2. The van der Waals surface area contributed by atoms with Crippen molar-refractivity contribution in [2.75, 3.05) is 18.1 Å². The van der Waals surface area contributed by atoms with Gasteiger partial charge >= 0.3 is 0 Å². The van der Waals surface area contributed by atoms with Crippen LogP contribution in [0.1, 0.15) is 0 Å². The number of rotatable bonds is 2. The number of aromatic nitrogens is 2. The van der Waals surface area contributed by atoms with Crippen molar-refractivity contribution in [3.05, 3.63) is 50.3 Å². The molecule has 0 saturated carbocycles. The van der Waals surface area contributed by atoms with E-state index >= 15 is 0 Å². The Bertz CT molecular complexity index is 1050. The van der Waals surface area contributed by atoms with Crippen LogP contribution in [0.5, 0.6) is 5.75 Å². The number of hydrogen-bond donors (Lipinski definition) is 0. The van der Waals surface area contributed by atoms with E-state index in [2.05, 4.69) is 4.98 Å². The highest BCUT2D eigenvalue weighted by Gasteiger charge is 2.25. The fourth-order valence-corrected chi connectivity index (χ4v) is 3.74. The normalized spacial score (nSPS) is 13.6. The lowest BCUT2D eigenvalue weighted by Crippen LogP contribution is -2.41. The van der Waals surface area contributed by atoms with E-state index in [1.165, 1.54) is 22.2 Å².